The molecule has 0 aliphatic rings. The van der Waals surface area contributed by atoms with Crippen molar-refractivity contribution in [2.24, 2.45) is 11.3 Å². The number of alkyl halides is 3. The Hall–Kier alpha value is -1.03. The van der Waals surface area contributed by atoms with Crippen molar-refractivity contribution in [1.29, 1.82) is 0 Å². The van der Waals surface area contributed by atoms with Crippen molar-refractivity contribution in [2.45, 2.75) is 40.3 Å². The number of hydrogen-bond acceptors (Lipinski definition) is 1. The molecular formula is C16H24F3N. The Labute approximate surface area is 119 Å². The maximum atomic E-state index is 12.7. The molecule has 1 aromatic rings. The first-order valence-corrected chi connectivity index (χ1v) is 7.01. The Morgan fingerprint density at radius 1 is 1.15 bits per heavy atom. The number of benzene rings is 1. The van der Waals surface area contributed by atoms with Crippen LogP contribution in [0.4, 0.5) is 13.2 Å². The molecule has 0 amide bonds. The van der Waals surface area contributed by atoms with Crippen LogP contribution in [-0.2, 0) is 12.6 Å². The predicted molar refractivity (Wildman–Crippen MR) is 76.6 cm³/mol. The largest absolute Gasteiger partial charge is 0.416 e. The standard InChI is InChI=1S/C16H24F3N/c1-5-20-11-14(15(2,3)4)10-12-7-6-8-13(9-12)16(17,18)19/h6-9,14,20H,5,10-11H2,1-4H3. The van der Waals surface area contributed by atoms with Crippen LogP contribution in [0.15, 0.2) is 24.3 Å². The van der Waals surface area contributed by atoms with Gasteiger partial charge in [-0.2, -0.15) is 13.2 Å². The maximum absolute atomic E-state index is 12.7. The first kappa shape index (κ1) is 17.0. The van der Waals surface area contributed by atoms with Crippen LogP contribution >= 0.6 is 0 Å². The minimum absolute atomic E-state index is 0.0520. The van der Waals surface area contributed by atoms with E-state index in [-0.39, 0.29) is 5.41 Å². The van der Waals surface area contributed by atoms with Crippen molar-refractivity contribution in [3.8, 4) is 0 Å². The zero-order valence-corrected chi connectivity index (χ0v) is 12.6. The zero-order valence-electron chi connectivity index (χ0n) is 12.6. The third-order valence-electron chi connectivity index (χ3n) is 3.60. The summed E-state index contributed by atoms with van der Waals surface area (Å²) in [5.74, 6) is 0.297. The van der Waals surface area contributed by atoms with Crippen molar-refractivity contribution in [3.05, 3.63) is 35.4 Å². The molecule has 114 valence electrons. The monoisotopic (exact) mass is 287 g/mol. The van der Waals surface area contributed by atoms with Crippen LogP contribution in [-0.4, -0.2) is 13.1 Å². The first-order chi connectivity index (χ1) is 9.14. The fraction of sp³-hybridized carbons (Fsp3) is 0.625. The third kappa shape index (κ3) is 5.16. The van der Waals surface area contributed by atoms with Gasteiger partial charge in [-0.1, -0.05) is 45.9 Å². The lowest BCUT2D eigenvalue weighted by Crippen LogP contribution is -2.33. The molecule has 0 aromatic heterocycles. The smallest absolute Gasteiger partial charge is 0.317 e. The van der Waals surface area contributed by atoms with Gasteiger partial charge in [-0.15, -0.1) is 0 Å². The summed E-state index contributed by atoms with van der Waals surface area (Å²) in [4.78, 5) is 0. The Kier molecular flexibility index (Phi) is 5.63. The van der Waals surface area contributed by atoms with Crippen LogP contribution in [0.25, 0.3) is 0 Å². The lowest BCUT2D eigenvalue weighted by atomic mass is 9.77. The fourth-order valence-electron chi connectivity index (χ4n) is 2.16. The number of rotatable bonds is 5. The maximum Gasteiger partial charge on any atom is 0.416 e. The van der Waals surface area contributed by atoms with E-state index in [9.17, 15) is 13.2 Å². The van der Waals surface area contributed by atoms with Crippen LogP contribution in [0.2, 0.25) is 0 Å². The van der Waals surface area contributed by atoms with E-state index in [0.29, 0.717) is 12.3 Å². The van der Waals surface area contributed by atoms with Gasteiger partial charge in [0.1, 0.15) is 0 Å². The van der Waals surface area contributed by atoms with Crippen molar-refractivity contribution in [2.75, 3.05) is 13.1 Å². The minimum Gasteiger partial charge on any atom is -0.317 e. The highest BCUT2D eigenvalue weighted by Crippen LogP contribution is 2.32. The Morgan fingerprint density at radius 2 is 1.80 bits per heavy atom. The molecule has 1 N–H and O–H groups in total. The minimum atomic E-state index is -4.27. The van der Waals surface area contributed by atoms with Crippen LogP contribution in [0, 0.1) is 11.3 Å². The lowest BCUT2D eigenvalue weighted by molar-refractivity contribution is -0.137. The van der Waals surface area contributed by atoms with Crippen molar-refractivity contribution in [3.63, 3.8) is 0 Å². The molecule has 0 aliphatic heterocycles. The molecule has 0 saturated heterocycles. The van der Waals surface area contributed by atoms with Gasteiger partial charge >= 0.3 is 6.18 Å². The van der Waals surface area contributed by atoms with Crippen molar-refractivity contribution in [1.82, 2.24) is 5.32 Å². The molecule has 0 aliphatic carbocycles. The van der Waals surface area contributed by atoms with E-state index in [1.807, 2.05) is 6.92 Å². The highest BCUT2D eigenvalue weighted by atomic mass is 19.4. The molecule has 1 rings (SSSR count). The number of halogens is 3. The molecule has 0 heterocycles. The second-order valence-corrected chi connectivity index (χ2v) is 6.27. The Balaban J connectivity index is 2.88. The van der Waals surface area contributed by atoms with Gasteiger partial charge in [0.2, 0.25) is 0 Å². The fourth-order valence-corrected chi connectivity index (χ4v) is 2.16. The summed E-state index contributed by atoms with van der Waals surface area (Å²) in [6, 6.07) is 5.66. The normalized spacial score (nSPS) is 14.3. The molecule has 1 aromatic carbocycles. The van der Waals surface area contributed by atoms with Gasteiger partial charge in [-0.05, 0) is 42.5 Å². The van der Waals surface area contributed by atoms with E-state index >= 15 is 0 Å². The first-order valence-electron chi connectivity index (χ1n) is 7.01. The van der Waals surface area contributed by atoms with Gasteiger partial charge in [0.25, 0.3) is 0 Å². The van der Waals surface area contributed by atoms with Gasteiger partial charge in [-0.3, -0.25) is 0 Å². The van der Waals surface area contributed by atoms with E-state index in [4.69, 9.17) is 0 Å². The third-order valence-corrected chi connectivity index (χ3v) is 3.60. The van der Waals surface area contributed by atoms with Gasteiger partial charge in [-0.25, -0.2) is 0 Å². The molecule has 0 radical (unpaired) electrons. The average Bonchev–Trinajstić information content (AvgIpc) is 2.32. The van der Waals surface area contributed by atoms with Crippen molar-refractivity contribution >= 4 is 0 Å². The molecule has 0 bridgehead atoms. The van der Waals surface area contributed by atoms with Gasteiger partial charge in [0, 0.05) is 0 Å². The van der Waals surface area contributed by atoms with Gasteiger partial charge < -0.3 is 5.32 Å². The van der Waals surface area contributed by atoms with E-state index in [2.05, 4.69) is 26.1 Å². The van der Waals surface area contributed by atoms with Crippen molar-refractivity contribution < 1.29 is 13.2 Å². The quantitative estimate of drug-likeness (QED) is 0.839. The second kappa shape index (κ2) is 6.61. The summed E-state index contributed by atoms with van der Waals surface area (Å²) >= 11 is 0. The predicted octanol–water partition coefficient (Wildman–Crippen LogP) is 4.52. The highest BCUT2D eigenvalue weighted by molar-refractivity contribution is 5.26. The Morgan fingerprint density at radius 3 is 2.30 bits per heavy atom. The zero-order chi connectivity index (χ0) is 15.4. The van der Waals surface area contributed by atoms with E-state index in [1.54, 1.807) is 6.07 Å². The second-order valence-electron chi connectivity index (χ2n) is 6.27. The van der Waals surface area contributed by atoms with Crippen LogP contribution < -0.4 is 5.32 Å². The van der Waals surface area contributed by atoms with Gasteiger partial charge in [0.15, 0.2) is 0 Å². The summed E-state index contributed by atoms with van der Waals surface area (Å²) in [5, 5.41) is 3.30. The van der Waals surface area contributed by atoms with Crippen LogP contribution in [0.5, 0.6) is 0 Å². The summed E-state index contributed by atoms with van der Waals surface area (Å²) in [6.45, 7) is 10.1. The topological polar surface area (TPSA) is 12.0 Å². The number of nitrogens with one attached hydrogen (secondary N) is 1. The summed E-state index contributed by atoms with van der Waals surface area (Å²) in [5.41, 5.74) is 0.236. The highest BCUT2D eigenvalue weighted by Gasteiger charge is 2.31. The molecular weight excluding hydrogens is 263 g/mol. The Bertz CT molecular complexity index is 418. The number of hydrogen-bond donors (Lipinski definition) is 1. The van der Waals surface area contributed by atoms with Crippen LogP contribution in [0.3, 0.4) is 0 Å². The molecule has 1 atom stereocenters. The summed E-state index contributed by atoms with van der Waals surface area (Å²) in [7, 11) is 0. The molecule has 1 unspecified atom stereocenters. The molecule has 0 spiro atoms. The molecule has 0 fully saturated rings. The molecule has 0 saturated carbocycles. The van der Waals surface area contributed by atoms with Gasteiger partial charge in [0.05, 0.1) is 5.56 Å². The van der Waals surface area contributed by atoms with E-state index in [0.717, 1.165) is 24.7 Å². The SMILES string of the molecule is CCNCC(Cc1cccc(C(F)(F)F)c1)C(C)(C)C. The molecule has 20 heavy (non-hydrogen) atoms. The van der Waals surface area contributed by atoms with Crippen LogP contribution in [0.1, 0.15) is 38.8 Å². The summed E-state index contributed by atoms with van der Waals surface area (Å²) < 4.78 is 38.2. The lowest BCUT2D eigenvalue weighted by Gasteiger charge is -2.31. The summed E-state index contributed by atoms with van der Waals surface area (Å²) in [6.07, 6.45) is -3.62. The molecule has 1 nitrogen and oxygen atoms in total. The van der Waals surface area contributed by atoms with E-state index < -0.39 is 11.7 Å². The van der Waals surface area contributed by atoms with E-state index in [1.165, 1.54) is 12.1 Å². The molecule has 4 heteroatoms. The average molecular weight is 287 g/mol.